The largest absolute Gasteiger partial charge is 0.493 e. The standard InChI is InChI=1S/C16H20ClNO2/c1-10-8-11-14(17)12(9-13(19-2)15(11)20-10)16(18)6-4-3-5-7-16/h8-9H,3-7,18H2,1-2H3. The van der Waals surface area contributed by atoms with Crippen LogP contribution in [-0.2, 0) is 5.54 Å². The van der Waals surface area contributed by atoms with Crippen molar-refractivity contribution in [2.24, 2.45) is 5.73 Å². The van der Waals surface area contributed by atoms with Gasteiger partial charge in [0.05, 0.1) is 12.1 Å². The minimum absolute atomic E-state index is 0.345. The molecule has 20 heavy (non-hydrogen) atoms. The smallest absolute Gasteiger partial charge is 0.177 e. The second-order valence-electron chi connectivity index (χ2n) is 5.76. The molecule has 108 valence electrons. The van der Waals surface area contributed by atoms with Crippen LogP contribution in [0.1, 0.15) is 43.4 Å². The van der Waals surface area contributed by atoms with Crippen LogP contribution in [0, 0.1) is 6.92 Å². The predicted molar refractivity (Wildman–Crippen MR) is 81.5 cm³/mol. The summed E-state index contributed by atoms with van der Waals surface area (Å²) in [5, 5.41) is 1.61. The predicted octanol–water partition coefficient (Wildman–Crippen LogP) is 4.52. The molecule has 1 aliphatic carbocycles. The van der Waals surface area contributed by atoms with E-state index < -0.39 is 0 Å². The summed E-state index contributed by atoms with van der Waals surface area (Å²) >= 11 is 6.61. The monoisotopic (exact) mass is 293 g/mol. The number of hydrogen-bond acceptors (Lipinski definition) is 3. The number of rotatable bonds is 2. The summed E-state index contributed by atoms with van der Waals surface area (Å²) in [5.41, 5.74) is 7.98. The molecule has 0 spiro atoms. The van der Waals surface area contributed by atoms with Crippen LogP contribution in [0.2, 0.25) is 5.02 Å². The minimum atomic E-state index is -0.345. The number of aryl methyl sites for hydroxylation is 1. The van der Waals surface area contributed by atoms with Gasteiger partial charge in [-0.05, 0) is 37.5 Å². The molecule has 2 N–H and O–H groups in total. The van der Waals surface area contributed by atoms with E-state index in [1.54, 1.807) is 7.11 Å². The molecule has 1 aromatic heterocycles. The van der Waals surface area contributed by atoms with Gasteiger partial charge < -0.3 is 14.9 Å². The molecule has 1 aromatic carbocycles. The third-order valence-corrected chi connectivity index (χ3v) is 4.74. The number of hydrogen-bond donors (Lipinski definition) is 1. The average Bonchev–Trinajstić information content (AvgIpc) is 2.82. The fourth-order valence-corrected chi connectivity index (χ4v) is 3.61. The van der Waals surface area contributed by atoms with Gasteiger partial charge in [-0.1, -0.05) is 30.9 Å². The van der Waals surface area contributed by atoms with Crippen molar-refractivity contribution in [2.75, 3.05) is 7.11 Å². The van der Waals surface area contributed by atoms with Gasteiger partial charge in [0, 0.05) is 10.9 Å². The Bertz CT molecular complexity index is 641. The Labute approximate surface area is 124 Å². The van der Waals surface area contributed by atoms with E-state index in [4.69, 9.17) is 26.5 Å². The first-order valence-corrected chi connectivity index (χ1v) is 7.49. The molecule has 4 heteroatoms. The van der Waals surface area contributed by atoms with E-state index in [2.05, 4.69) is 0 Å². The fourth-order valence-electron chi connectivity index (χ4n) is 3.23. The average molecular weight is 294 g/mol. The number of benzene rings is 1. The second kappa shape index (κ2) is 4.97. The Morgan fingerprint density at radius 3 is 2.60 bits per heavy atom. The van der Waals surface area contributed by atoms with Gasteiger partial charge in [0.1, 0.15) is 5.76 Å². The Morgan fingerprint density at radius 1 is 1.25 bits per heavy atom. The van der Waals surface area contributed by atoms with Gasteiger partial charge in [-0.2, -0.15) is 0 Å². The molecule has 0 amide bonds. The molecule has 1 aliphatic rings. The minimum Gasteiger partial charge on any atom is -0.493 e. The normalized spacial score (nSPS) is 18.4. The lowest BCUT2D eigenvalue weighted by Crippen LogP contribution is -2.38. The molecule has 3 nitrogen and oxygen atoms in total. The molecule has 0 unspecified atom stereocenters. The van der Waals surface area contributed by atoms with Crippen molar-refractivity contribution in [3.8, 4) is 5.75 Å². The maximum absolute atomic E-state index is 6.63. The number of fused-ring (bicyclic) bond motifs is 1. The van der Waals surface area contributed by atoms with Crippen LogP contribution in [0.25, 0.3) is 11.0 Å². The molecule has 2 aromatic rings. The summed E-state index contributed by atoms with van der Waals surface area (Å²) in [4.78, 5) is 0. The van der Waals surface area contributed by atoms with Crippen molar-refractivity contribution < 1.29 is 9.15 Å². The van der Waals surface area contributed by atoms with Gasteiger partial charge in [-0.25, -0.2) is 0 Å². The van der Waals surface area contributed by atoms with Crippen LogP contribution >= 0.6 is 11.6 Å². The molecule has 1 saturated carbocycles. The maximum atomic E-state index is 6.63. The van der Waals surface area contributed by atoms with Gasteiger partial charge in [-0.3, -0.25) is 0 Å². The second-order valence-corrected chi connectivity index (χ2v) is 6.13. The van der Waals surface area contributed by atoms with Crippen molar-refractivity contribution >= 4 is 22.6 Å². The summed E-state index contributed by atoms with van der Waals surface area (Å²) in [6.07, 6.45) is 5.49. The Morgan fingerprint density at radius 2 is 1.95 bits per heavy atom. The highest BCUT2D eigenvalue weighted by Gasteiger charge is 2.33. The first kappa shape index (κ1) is 13.8. The van der Waals surface area contributed by atoms with Gasteiger partial charge >= 0.3 is 0 Å². The van der Waals surface area contributed by atoms with E-state index in [1.807, 2.05) is 19.1 Å². The van der Waals surface area contributed by atoms with Crippen LogP contribution in [0.3, 0.4) is 0 Å². The van der Waals surface area contributed by atoms with E-state index in [-0.39, 0.29) is 5.54 Å². The summed E-state index contributed by atoms with van der Waals surface area (Å²) in [7, 11) is 1.65. The van der Waals surface area contributed by atoms with Gasteiger partial charge in [-0.15, -0.1) is 0 Å². The highest BCUT2D eigenvalue weighted by atomic mass is 35.5. The van der Waals surface area contributed by atoms with E-state index in [9.17, 15) is 0 Å². The Balaban J connectivity index is 2.22. The molecule has 1 fully saturated rings. The summed E-state index contributed by atoms with van der Waals surface area (Å²) in [6, 6.07) is 3.91. The zero-order valence-corrected chi connectivity index (χ0v) is 12.7. The van der Waals surface area contributed by atoms with E-state index in [1.165, 1.54) is 6.42 Å². The molecule has 1 heterocycles. The third kappa shape index (κ3) is 2.09. The third-order valence-electron chi connectivity index (χ3n) is 4.33. The van der Waals surface area contributed by atoms with Crippen LogP contribution < -0.4 is 10.5 Å². The lowest BCUT2D eigenvalue weighted by Gasteiger charge is -2.34. The van der Waals surface area contributed by atoms with Crippen molar-refractivity contribution in [3.05, 3.63) is 28.5 Å². The summed E-state index contributed by atoms with van der Waals surface area (Å²) in [5.74, 6) is 1.54. The van der Waals surface area contributed by atoms with E-state index in [0.717, 1.165) is 42.4 Å². The quantitative estimate of drug-likeness (QED) is 0.885. The number of methoxy groups -OCH3 is 1. The molecular weight excluding hydrogens is 274 g/mol. The first-order chi connectivity index (χ1) is 9.55. The lowest BCUT2D eigenvalue weighted by atomic mass is 9.77. The summed E-state index contributed by atoms with van der Waals surface area (Å²) in [6.45, 7) is 1.91. The molecule has 3 rings (SSSR count). The lowest BCUT2D eigenvalue weighted by molar-refractivity contribution is 0.301. The SMILES string of the molecule is COc1cc(C2(N)CCCCC2)c(Cl)c2cc(C)oc12. The van der Waals surface area contributed by atoms with Crippen LogP contribution in [0.5, 0.6) is 5.75 Å². The number of furan rings is 1. The molecular formula is C16H20ClNO2. The number of nitrogens with two attached hydrogens (primary N) is 1. The molecule has 0 bridgehead atoms. The molecule has 0 aliphatic heterocycles. The van der Waals surface area contributed by atoms with Gasteiger partial charge in [0.15, 0.2) is 11.3 Å². The number of halogens is 1. The highest BCUT2D eigenvalue weighted by molar-refractivity contribution is 6.36. The zero-order valence-electron chi connectivity index (χ0n) is 12.0. The van der Waals surface area contributed by atoms with Crippen molar-refractivity contribution in [3.63, 3.8) is 0 Å². The van der Waals surface area contributed by atoms with Crippen molar-refractivity contribution in [1.82, 2.24) is 0 Å². The van der Waals surface area contributed by atoms with Crippen LogP contribution in [-0.4, -0.2) is 7.11 Å². The number of ether oxygens (including phenoxy) is 1. The van der Waals surface area contributed by atoms with Crippen LogP contribution in [0.15, 0.2) is 16.5 Å². The van der Waals surface area contributed by atoms with E-state index in [0.29, 0.717) is 16.4 Å². The van der Waals surface area contributed by atoms with Crippen molar-refractivity contribution in [1.29, 1.82) is 0 Å². The Hall–Kier alpha value is -1.19. The molecule has 0 radical (unpaired) electrons. The van der Waals surface area contributed by atoms with Gasteiger partial charge in [0.2, 0.25) is 0 Å². The Kier molecular flexibility index (Phi) is 3.43. The fraction of sp³-hybridized carbons (Fsp3) is 0.500. The topological polar surface area (TPSA) is 48.4 Å². The van der Waals surface area contributed by atoms with E-state index >= 15 is 0 Å². The highest BCUT2D eigenvalue weighted by Crippen LogP contribution is 2.44. The molecule has 0 saturated heterocycles. The van der Waals surface area contributed by atoms with Crippen molar-refractivity contribution in [2.45, 2.75) is 44.6 Å². The first-order valence-electron chi connectivity index (χ1n) is 7.11. The summed E-state index contributed by atoms with van der Waals surface area (Å²) < 4.78 is 11.2. The maximum Gasteiger partial charge on any atom is 0.177 e. The van der Waals surface area contributed by atoms with Gasteiger partial charge in [0.25, 0.3) is 0 Å². The zero-order chi connectivity index (χ0) is 14.3. The molecule has 0 atom stereocenters. The van der Waals surface area contributed by atoms with Crippen LogP contribution in [0.4, 0.5) is 0 Å².